The summed E-state index contributed by atoms with van der Waals surface area (Å²) in [5, 5.41) is 1.78. The van der Waals surface area contributed by atoms with E-state index in [1.807, 2.05) is 18.2 Å². The molecule has 3 rings (SSSR count). The highest BCUT2D eigenvalue weighted by Gasteiger charge is 2.12. The van der Waals surface area contributed by atoms with Crippen molar-refractivity contribution in [2.24, 2.45) is 0 Å². The Hall–Kier alpha value is -1.39. The molecule has 0 saturated heterocycles. The van der Waals surface area contributed by atoms with Gasteiger partial charge in [-0.25, -0.2) is 4.98 Å². The molecule has 0 bridgehead atoms. The van der Waals surface area contributed by atoms with Crippen molar-refractivity contribution in [3.63, 3.8) is 0 Å². The number of nitrogens with zero attached hydrogens (tertiary/aromatic N) is 1. The molecular weight excluding hydrogens is 444 g/mol. The second-order valence-corrected chi connectivity index (χ2v) is 7.13. The zero-order valence-corrected chi connectivity index (χ0v) is 16.6. The van der Waals surface area contributed by atoms with Gasteiger partial charge >= 0.3 is 0 Å². The van der Waals surface area contributed by atoms with Crippen LogP contribution in [0.25, 0.3) is 22.5 Å². The van der Waals surface area contributed by atoms with Gasteiger partial charge in [0.25, 0.3) is 0 Å². The highest BCUT2D eigenvalue weighted by molar-refractivity contribution is 9.09. The SMILES string of the molecule is O=C(CBr)c1cc(-c2ccc(Cl)cc2)nc(-c2ccc(Cl)c(Cl)c2)c1. The largest absolute Gasteiger partial charge is 0.293 e. The van der Waals surface area contributed by atoms with Crippen molar-refractivity contribution < 1.29 is 4.79 Å². The van der Waals surface area contributed by atoms with Gasteiger partial charge in [-0.1, -0.05) is 68.9 Å². The number of carbonyl (C=O) groups excluding carboxylic acids is 1. The molecule has 1 aromatic heterocycles. The molecule has 0 spiro atoms. The summed E-state index contributed by atoms with van der Waals surface area (Å²) in [7, 11) is 0. The van der Waals surface area contributed by atoms with Crippen molar-refractivity contribution in [1.82, 2.24) is 4.98 Å². The van der Waals surface area contributed by atoms with Gasteiger partial charge < -0.3 is 0 Å². The lowest BCUT2D eigenvalue weighted by Gasteiger charge is -2.09. The van der Waals surface area contributed by atoms with Crippen LogP contribution in [0.4, 0.5) is 0 Å². The van der Waals surface area contributed by atoms with Crippen LogP contribution in [0.1, 0.15) is 10.4 Å². The molecule has 0 amide bonds. The molecular formula is C19H11BrCl3NO. The summed E-state index contributed by atoms with van der Waals surface area (Å²) >= 11 is 21.3. The van der Waals surface area contributed by atoms with E-state index in [9.17, 15) is 4.79 Å². The smallest absolute Gasteiger partial charge is 0.173 e. The molecule has 0 N–H and O–H groups in total. The van der Waals surface area contributed by atoms with Crippen LogP contribution >= 0.6 is 50.7 Å². The summed E-state index contributed by atoms with van der Waals surface area (Å²) in [6, 6.07) is 16.1. The van der Waals surface area contributed by atoms with Crippen LogP contribution in [0.15, 0.2) is 54.6 Å². The number of rotatable bonds is 4. The molecule has 6 heteroatoms. The molecule has 0 aliphatic rings. The summed E-state index contributed by atoms with van der Waals surface area (Å²) in [4.78, 5) is 16.9. The van der Waals surface area contributed by atoms with E-state index in [0.717, 1.165) is 11.1 Å². The quantitative estimate of drug-likeness (QED) is 0.315. The lowest BCUT2D eigenvalue weighted by Crippen LogP contribution is -2.02. The van der Waals surface area contributed by atoms with Gasteiger partial charge in [-0.2, -0.15) is 0 Å². The number of halogens is 4. The van der Waals surface area contributed by atoms with Crippen molar-refractivity contribution in [3.8, 4) is 22.5 Å². The Bertz CT molecular complexity index is 942. The molecule has 0 atom stereocenters. The van der Waals surface area contributed by atoms with Gasteiger partial charge in [0.2, 0.25) is 0 Å². The minimum absolute atomic E-state index is 0.0288. The molecule has 0 unspecified atom stereocenters. The van der Waals surface area contributed by atoms with E-state index in [0.29, 0.717) is 32.0 Å². The first-order valence-corrected chi connectivity index (χ1v) is 9.56. The Morgan fingerprint density at radius 2 is 1.44 bits per heavy atom. The molecule has 25 heavy (non-hydrogen) atoms. The van der Waals surface area contributed by atoms with Crippen molar-refractivity contribution in [3.05, 3.63) is 75.2 Å². The summed E-state index contributed by atoms with van der Waals surface area (Å²) < 4.78 is 0. The van der Waals surface area contributed by atoms with E-state index in [-0.39, 0.29) is 11.1 Å². The number of benzene rings is 2. The second kappa shape index (κ2) is 7.88. The maximum absolute atomic E-state index is 12.2. The molecule has 2 aromatic carbocycles. The number of ketones is 1. The normalized spacial score (nSPS) is 10.7. The van der Waals surface area contributed by atoms with Crippen LogP contribution in [0.5, 0.6) is 0 Å². The molecule has 3 aromatic rings. The average Bonchev–Trinajstić information content (AvgIpc) is 2.63. The van der Waals surface area contributed by atoms with Gasteiger partial charge in [-0.15, -0.1) is 0 Å². The number of aromatic nitrogens is 1. The minimum atomic E-state index is -0.0288. The standard InChI is InChI=1S/C19H11BrCl3NO/c20-10-19(25)13-8-17(11-1-4-14(21)5-2-11)24-18(9-13)12-3-6-15(22)16(23)7-12/h1-9H,10H2. The zero-order valence-electron chi connectivity index (χ0n) is 12.8. The van der Waals surface area contributed by atoms with Crippen LogP contribution in [-0.4, -0.2) is 16.1 Å². The highest BCUT2D eigenvalue weighted by atomic mass is 79.9. The van der Waals surface area contributed by atoms with Crippen molar-refractivity contribution in [2.75, 3.05) is 5.33 Å². The minimum Gasteiger partial charge on any atom is -0.293 e. The maximum Gasteiger partial charge on any atom is 0.173 e. The molecule has 0 saturated carbocycles. The molecule has 0 aliphatic heterocycles. The molecule has 126 valence electrons. The van der Waals surface area contributed by atoms with E-state index in [4.69, 9.17) is 34.8 Å². The lowest BCUT2D eigenvalue weighted by molar-refractivity contribution is 0.102. The first kappa shape index (κ1) is 18.4. The van der Waals surface area contributed by atoms with Gasteiger partial charge in [0.15, 0.2) is 5.78 Å². The number of hydrogen-bond acceptors (Lipinski definition) is 2. The second-order valence-electron chi connectivity index (χ2n) is 5.32. The Labute approximate surface area is 168 Å². The van der Waals surface area contributed by atoms with Crippen LogP contribution in [-0.2, 0) is 0 Å². The van der Waals surface area contributed by atoms with Gasteiger partial charge in [-0.05, 0) is 36.4 Å². The highest BCUT2D eigenvalue weighted by Crippen LogP contribution is 2.30. The van der Waals surface area contributed by atoms with Gasteiger partial charge in [0.1, 0.15) is 0 Å². The summed E-state index contributed by atoms with van der Waals surface area (Å²) in [5.41, 5.74) is 3.56. The van der Waals surface area contributed by atoms with E-state index < -0.39 is 0 Å². The maximum atomic E-state index is 12.2. The first-order chi connectivity index (χ1) is 12.0. The fraction of sp³-hybridized carbons (Fsp3) is 0.0526. The molecule has 0 radical (unpaired) electrons. The molecule has 2 nitrogen and oxygen atoms in total. The third kappa shape index (κ3) is 4.24. The molecule has 1 heterocycles. The van der Waals surface area contributed by atoms with Crippen molar-refractivity contribution in [2.45, 2.75) is 0 Å². The fourth-order valence-electron chi connectivity index (χ4n) is 2.34. The monoisotopic (exact) mass is 453 g/mol. The van der Waals surface area contributed by atoms with Crippen molar-refractivity contribution >= 4 is 56.5 Å². The fourth-order valence-corrected chi connectivity index (χ4v) is 3.09. The third-order valence-electron chi connectivity index (χ3n) is 3.62. The Kier molecular flexibility index (Phi) is 5.80. The van der Waals surface area contributed by atoms with Crippen LogP contribution < -0.4 is 0 Å². The number of Topliss-reactive ketones (excluding diaryl/α,β-unsaturated/α-hetero) is 1. The first-order valence-electron chi connectivity index (χ1n) is 7.30. The van der Waals surface area contributed by atoms with E-state index in [2.05, 4.69) is 20.9 Å². The summed E-state index contributed by atoms with van der Waals surface area (Å²) in [6.45, 7) is 0. The van der Waals surface area contributed by atoms with Crippen molar-refractivity contribution in [1.29, 1.82) is 0 Å². The Morgan fingerprint density at radius 1 is 0.840 bits per heavy atom. The lowest BCUT2D eigenvalue weighted by atomic mass is 10.0. The number of hydrogen-bond donors (Lipinski definition) is 0. The topological polar surface area (TPSA) is 30.0 Å². The summed E-state index contributed by atoms with van der Waals surface area (Å²) in [5.74, 6) is -0.0288. The number of pyridine rings is 1. The third-order valence-corrected chi connectivity index (χ3v) is 5.12. The van der Waals surface area contributed by atoms with Gasteiger partial charge in [-0.3, -0.25) is 4.79 Å². The van der Waals surface area contributed by atoms with Crippen LogP contribution in [0.3, 0.4) is 0 Å². The van der Waals surface area contributed by atoms with Crippen LogP contribution in [0.2, 0.25) is 15.1 Å². The Balaban J connectivity index is 2.17. The van der Waals surface area contributed by atoms with Gasteiger partial charge in [0.05, 0.1) is 26.8 Å². The zero-order chi connectivity index (χ0) is 18.0. The van der Waals surface area contributed by atoms with E-state index in [1.165, 1.54) is 0 Å². The van der Waals surface area contributed by atoms with E-state index in [1.54, 1.807) is 36.4 Å². The van der Waals surface area contributed by atoms with Gasteiger partial charge in [0, 0.05) is 21.7 Å². The van der Waals surface area contributed by atoms with E-state index >= 15 is 0 Å². The number of carbonyl (C=O) groups is 1. The van der Waals surface area contributed by atoms with Crippen LogP contribution in [0, 0.1) is 0 Å². The molecule has 0 fully saturated rings. The summed E-state index contributed by atoms with van der Waals surface area (Å²) in [6.07, 6.45) is 0. The Morgan fingerprint density at radius 3 is 2.04 bits per heavy atom. The predicted octanol–water partition coefficient (Wildman–Crippen LogP) is 6.95. The molecule has 0 aliphatic carbocycles. The average molecular weight is 456 g/mol. The number of alkyl halides is 1. The predicted molar refractivity (Wildman–Crippen MR) is 108 cm³/mol.